The van der Waals surface area contributed by atoms with E-state index in [-0.39, 0.29) is 25.0 Å². The van der Waals surface area contributed by atoms with Gasteiger partial charge >= 0.3 is 0 Å². The number of aliphatic hydroxyl groups excluding tert-OH is 1. The molecule has 1 spiro atoms. The molecule has 3 heterocycles. The van der Waals surface area contributed by atoms with Crippen molar-refractivity contribution >= 4 is 31.6 Å². The van der Waals surface area contributed by atoms with Crippen molar-refractivity contribution in [1.82, 2.24) is 15.0 Å². The number of anilines is 2. The Bertz CT molecular complexity index is 1760. The average Bonchev–Trinajstić information content (AvgIpc) is 3.70. The molecule has 2 aliphatic rings. The Morgan fingerprint density at radius 1 is 1.13 bits per heavy atom. The quantitative estimate of drug-likeness (QED) is 0.162. The number of benzene rings is 3. The molecule has 0 bridgehead atoms. The first-order valence-electron chi connectivity index (χ1n) is 15.9. The van der Waals surface area contributed by atoms with Crippen LogP contribution in [0.15, 0.2) is 79.0 Å². The molecule has 4 atom stereocenters. The second kappa shape index (κ2) is 13.0. The van der Waals surface area contributed by atoms with Crippen molar-refractivity contribution in [3.05, 3.63) is 101 Å². The smallest absolute Gasteiger partial charge is 0.264 e. The highest BCUT2D eigenvalue weighted by Gasteiger charge is 2.66. The van der Waals surface area contributed by atoms with Gasteiger partial charge in [-0.25, -0.2) is 0 Å². The van der Waals surface area contributed by atoms with Crippen molar-refractivity contribution in [2.75, 3.05) is 23.9 Å². The molecule has 246 valence electrons. The number of aromatic nitrogens is 3. The number of amides is 2. The summed E-state index contributed by atoms with van der Waals surface area (Å²) in [6.45, 7) is 5.91. The maximum atomic E-state index is 16.2. The number of rotatable bonds is 11. The van der Waals surface area contributed by atoms with Crippen LogP contribution in [0, 0.1) is 5.92 Å². The zero-order chi connectivity index (χ0) is 33.3. The fourth-order valence-corrected chi connectivity index (χ4v) is 9.78. The number of carbonyl (C=O) groups excluding carboxylic acids is 2. The van der Waals surface area contributed by atoms with E-state index in [0.29, 0.717) is 53.3 Å². The van der Waals surface area contributed by atoms with Crippen molar-refractivity contribution in [2.24, 2.45) is 5.92 Å². The largest absolute Gasteiger partial charge is 0.497 e. The molecule has 0 saturated carbocycles. The van der Waals surface area contributed by atoms with E-state index in [9.17, 15) is 14.7 Å². The van der Waals surface area contributed by atoms with E-state index in [4.69, 9.17) is 9.47 Å². The van der Waals surface area contributed by atoms with Crippen molar-refractivity contribution in [3.63, 3.8) is 0 Å². The van der Waals surface area contributed by atoms with Gasteiger partial charge < -0.3 is 28.9 Å². The summed E-state index contributed by atoms with van der Waals surface area (Å²) >= 11 is 0. The number of fused-ring (bicyclic) bond motifs is 2. The normalized spacial score (nSPS) is 22.1. The molecule has 2 N–H and O–H groups in total. The molecule has 2 aliphatic heterocycles. The molecule has 12 heteroatoms. The Morgan fingerprint density at radius 2 is 1.91 bits per heavy atom. The Morgan fingerprint density at radius 3 is 2.64 bits per heavy atom. The Hall–Kier alpha value is -4.39. The SMILES string of the molecule is COc1ccc2c(c1)[C@]1(O[C@@H](CCn3cc(CCO)nn3)[C@H]([Si](C)(C)F)[C@H]1C)C(=O)N2Cc1cccc(NC(=O)c2ccccc2)c1. The van der Waals surface area contributed by atoms with Gasteiger partial charge in [0.1, 0.15) is 5.75 Å². The van der Waals surface area contributed by atoms with E-state index >= 15 is 4.11 Å². The number of nitrogens with one attached hydrogen (secondary N) is 1. The minimum atomic E-state index is -3.36. The van der Waals surface area contributed by atoms with Gasteiger partial charge in [0.2, 0.25) is 8.41 Å². The first-order valence-corrected chi connectivity index (χ1v) is 18.8. The molecule has 1 fully saturated rings. The van der Waals surface area contributed by atoms with Gasteiger partial charge in [0.05, 0.1) is 31.1 Å². The van der Waals surface area contributed by atoms with Crippen LogP contribution in [0.4, 0.5) is 15.5 Å². The third kappa shape index (κ3) is 6.20. The van der Waals surface area contributed by atoms with Gasteiger partial charge in [0.15, 0.2) is 5.60 Å². The Labute approximate surface area is 274 Å². The van der Waals surface area contributed by atoms with Crippen LogP contribution in [0.1, 0.15) is 40.5 Å². The number of halogens is 1. The zero-order valence-electron chi connectivity index (χ0n) is 27.0. The van der Waals surface area contributed by atoms with Gasteiger partial charge in [-0.2, -0.15) is 0 Å². The molecule has 0 unspecified atom stereocenters. The highest BCUT2D eigenvalue weighted by molar-refractivity contribution is 6.72. The van der Waals surface area contributed by atoms with Gasteiger partial charge in [-0.15, -0.1) is 5.10 Å². The number of hydrogen-bond acceptors (Lipinski definition) is 7. The van der Waals surface area contributed by atoms with Gasteiger partial charge in [-0.1, -0.05) is 42.5 Å². The Kier molecular flexibility index (Phi) is 9.01. The maximum absolute atomic E-state index is 16.2. The van der Waals surface area contributed by atoms with Gasteiger partial charge in [0, 0.05) is 54.0 Å². The molecule has 3 aromatic carbocycles. The fourth-order valence-electron chi connectivity index (χ4n) is 7.24. The summed E-state index contributed by atoms with van der Waals surface area (Å²) in [6, 6.07) is 21.9. The fraction of sp³-hybridized carbons (Fsp3) is 0.371. The average molecular weight is 658 g/mol. The van der Waals surface area contributed by atoms with Crippen LogP contribution in [-0.2, 0) is 34.6 Å². The van der Waals surface area contributed by atoms with Gasteiger partial charge in [-0.3, -0.25) is 14.3 Å². The number of carbonyl (C=O) groups is 2. The predicted molar refractivity (Wildman–Crippen MR) is 179 cm³/mol. The first-order chi connectivity index (χ1) is 22.5. The highest BCUT2D eigenvalue weighted by atomic mass is 28.4. The zero-order valence-corrected chi connectivity index (χ0v) is 28.0. The van der Waals surface area contributed by atoms with E-state index in [1.54, 1.807) is 48.1 Å². The van der Waals surface area contributed by atoms with Crippen molar-refractivity contribution in [2.45, 2.75) is 63.2 Å². The number of hydrogen-bond donors (Lipinski definition) is 2. The van der Waals surface area contributed by atoms with E-state index in [0.717, 1.165) is 5.56 Å². The second-order valence-electron chi connectivity index (χ2n) is 12.8. The number of ether oxygens (including phenoxy) is 2. The van der Waals surface area contributed by atoms with E-state index in [1.807, 2.05) is 67.6 Å². The van der Waals surface area contributed by atoms with Crippen LogP contribution in [0.2, 0.25) is 18.6 Å². The standard InChI is InChI=1S/C35H40FN5O5Si/c1-23-32(47(3,4)36)31(15-17-40-22-27(16-18-42)38-39-40)46-35(23)29-20-28(45-2)13-14-30(29)41(34(35)44)21-24-9-8-12-26(19-24)37-33(43)25-10-6-5-7-11-25/h5-14,19-20,22-23,31-32,42H,15-18,21H2,1-4H3,(H,37,43)/t23-,31+,32-,35+/m1/s1. The lowest BCUT2D eigenvalue weighted by molar-refractivity contribution is -0.146. The highest BCUT2D eigenvalue weighted by Crippen LogP contribution is 2.60. The van der Waals surface area contributed by atoms with E-state index in [2.05, 4.69) is 15.6 Å². The minimum absolute atomic E-state index is 0.0255. The van der Waals surface area contributed by atoms with Crippen molar-refractivity contribution in [1.29, 1.82) is 0 Å². The van der Waals surface area contributed by atoms with Crippen LogP contribution in [0.3, 0.4) is 0 Å². The summed E-state index contributed by atoms with van der Waals surface area (Å²) in [5, 5.41) is 20.5. The number of aryl methyl sites for hydroxylation is 1. The first kappa shape index (κ1) is 32.5. The van der Waals surface area contributed by atoms with Crippen molar-refractivity contribution in [3.8, 4) is 5.75 Å². The summed E-state index contributed by atoms with van der Waals surface area (Å²) < 4.78 is 30.3. The monoisotopic (exact) mass is 657 g/mol. The maximum Gasteiger partial charge on any atom is 0.264 e. The number of methoxy groups -OCH3 is 1. The number of nitrogens with zero attached hydrogens (tertiary/aromatic N) is 4. The Balaban J connectivity index is 1.31. The minimum Gasteiger partial charge on any atom is -0.497 e. The molecule has 10 nitrogen and oxygen atoms in total. The topological polar surface area (TPSA) is 119 Å². The molecular formula is C35H40FN5O5Si. The van der Waals surface area contributed by atoms with E-state index in [1.165, 1.54) is 0 Å². The predicted octanol–water partition coefficient (Wildman–Crippen LogP) is 5.49. The molecule has 0 radical (unpaired) electrons. The lowest BCUT2D eigenvalue weighted by atomic mass is 9.82. The third-order valence-corrected chi connectivity index (χ3v) is 11.8. The van der Waals surface area contributed by atoms with Crippen LogP contribution < -0.4 is 15.0 Å². The van der Waals surface area contributed by atoms with Gasteiger partial charge in [0.25, 0.3) is 11.8 Å². The molecule has 1 saturated heterocycles. The molecule has 2 amide bonds. The third-order valence-electron chi connectivity index (χ3n) is 9.33. The summed E-state index contributed by atoms with van der Waals surface area (Å²) in [4.78, 5) is 29.3. The molecule has 6 rings (SSSR count). The summed E-state index contributed by atoms with van der Waals surface area (Å²) in [5.74, 6) is -0.353. The van der Waals surface area contributed by atoms with Crippen LogP contribution in [-0.4, -0.2) is 60.1 Å². The van der Waals surface area contributed by atoms with Crippen molar-refractivity contribution < 1.29 is 28.3 Å². The molecular weight excluding hydrogens is 617 g/mol. The molecule has 1 aromatic heterocycles. The summed E-state index contributed by atoms with van der Waals surface area (Å²) in [7, 11) is -1.78. The lowest BCUT2D eigenvalue weighted by Crippen LogP contribution is -2.45. The summed E-state index contributed by atoms with van der Waals surface area (Å²) in [5.41, 5.74) is 2.12. The lowest BCUT2D eigenvalue weighted by Gasteiger charge is -2.31. The van der Waals surface area contributed by atoms with Gasteiger partial charge in [-0.05, 0) is 67.5 Å². The second-order valence-corrected chi connectivity index (χ2v) is 16.6. The van der Waals surface area contributed by atoms with Crippen LogP contribution >= 0.6 is 0 Å². The molecule has 47 heavy (non-hydrogen) atoms. The van der Waals surface area contributed by atoms with E-state index < -0.39 is 31.6 Å². The summed E-state index contributed by atoms with van der Waals surface area (Å²) in [6.07, 6.45) is 2.07. The number of aliphatic hydroxyl groups is 1. The molecule has 4 aromatic rings. The van der Waals surface area contributed by atoms with Crippen LogP contribution in [0.25, 0.3) is 0 Å². The molecule has 0 aliphatic carbocycles. The van der Waals surface area contributed by atoms with Crippen LogP contribution in [0.5, 0.6) is 5.75 Å².